The van der Waals surface area contributed by atoms with E-state index in [9.17, 15) is 4.79 Å². The highest BCUT2D eigenvalue weighted by molar-refractivity contribution is 5.49. The monoisotopic (exact) mass is 433 g/mol. The Hall–Kier alpha value is -3.12. The van der Waals surface area contributed by atoms with Crippen LogP contribution in [-0.2, 0) is 12.8 Å². The van der Waals surface area contributed by atoms with Gasteiger partial charge in [-0.1, -0.05) is 30.3 Å². The quantitative estimate of drug-likeness (QED) is 0.486. The number of methoxy groups -OCH3 is 1. The molecule has 32 heavy (non-hydrogen) atoms. The van der Waals surface area contributed by atoms with E-state index >= 15 is 0 Å². The van der Waals surface area contributed by atoms with E-state index in [4.69, 9.17) is 9.47 Å². The molecule has 3 aromatic rings. The van der Waals surface area contributed by atoms with Crippen molar-refractivity contribution in [3.63, 3.8) is 0 Å². The van der Waals surface area contributed by atoms with Gasteiger partial charge in [-0.05, 0) is 62.9 Å². The van der Waals surface area contributed by atoms with Crippen LogP contribution in [0.2, 0.25) is 0 Å². The minimum absolute atomic E-state index is 0.0923. The zero-order valence-corrected chi connectivity index (χ0v) is 18.7. The average Bonchev–Trinajstić information content (AvgIpc) is 3.35. The average molecular weight is 434 g/mol. The summed E-state index contributed by atoms with van der Waals surface area (Å²) < 4.78 is 13.1. The molecule has 168 valence electrons. The summed E-state index contributed by atoms with van der Waals surface area (Å²) in [6, 6.07) is 15.9. The maximum Gasteiger partial charge on any atom is 0.276 e. The van der Waals surface area contributed by atoms with E-state index in [-0.39, 0.29) is 5.56 Å². The Labute approximate surface area is 189 Å². The summed E-state index contributed by atoms with van der Waals surface area (Å²) >= 11 is 0. The molecule has 0 spiro atoms. The molecule has 0 bridgehead atoms. The first-order valence-electron chi connectivity index (χ1n) is 11.4. The molecule has 1 aromatic heterocycles. The van der Waals surface area contributed by atoms with Gasteiger partial charge in [0.05, 0.1) is 12.8 Å². The topological polar surface area (TPSA) is 56.6 Å². The van der Waals surface area contributed by atoms with E-state index in [1.54, 1.807) is 24.1 Å². The van der Waals surface area contributed by atoms with Crippen LogP contribution < -0.4 is 15.0 Å². The maximum atomic E-state index is 13.0. The molecule has 4 rings (SSSR count). The Kier molecular flexibility index (Phi) is 7.56. The van der Waals surface area contributed by atoms with Gasteiger partial charge in [0.15, 0.2) is 11.5 Å². The SMILES string of the molecule is COc1cc(-n2ccnc(CCCc3ccccc3)c2=O)ccc1OCCN1CCCC1. The second-order valence-corrected chi connectivity index (χ2v) is 8.12. The van der Waals surface area contributed by atoms with Crippen molar-refractivity contribution >= 4 is 0 Å². The lowest BCUT2D eigenvalue weighted by Gasteiger charge is -2.17. The minimum atomic E-state index is -0.0923. The van der Waals surface area contributed by atoms with Gasteiger partial charge < -0.3 is 9.47 Å². The highest BCUT2D eigenvalue weighted by atomic mass is 16.5. The second-order valence-electron chi connectivity index (χ2n) is 8.12. The number of rotatable bonds is 10. The molecule has 6 nitrogen and oxygen atoms in total. The molecular formula is C26H31N3O3. The zero-order chi connectivity index (χ0) is 22.2. The number of likely N-dealkylation sites (tertiary alicyclic amines) is 1. The normalized spacial score (nSPS) is 13.9. The molecule has 0 saturated carbocycles. The van der Waals surface area contributed by atoms with Gasteiger partial charge in [0.25, 0.3) is 5.56 Å². The molecule has 0 unspecified atom stereocenters. The molecule has 0 atom stereocenters. The summed E-state index contributed by atoms with van der Waals surface area (Å²) in [5, 5.41) is 0. The van der Waals surface area contributed by atoms with Gasteiger partial charge in [-0.25, -0.2) is 0 Å². The van der Waals surface area contributed by atoms with Crippen molar-refractivity contribution in [3.05, 3.63) is 82.5 Å². The summed E-state index contributed by atoms with van der Waals surface area (Å²) in [7, 11) is 1.62. The number of aryl methyl sites for hydroxylation is 2. The molecule has 0 radical (unpaired) electrons. The van der Waals surface area contributed by atoms with Crippen LogP contribution in [0.5, 0.6) is 11.5 Å². The van der Waals surface area contributed by atoms with Crippen LogP contribution in [0.15, 0.2) is 65.7 Å². The van der Waals surface area contributed by atoms with Gasteiger partial charge in [-0.2, -0.15) is 0 Å². The van der Waals surface area contributed by atoms with Crippen molar-refractivity contribution in [2.45, 2.75) is 32.1 Å². The zero-order valence-electron chi connectivity index (χ0n) is 18.7. The molecular weight excluding hydrogens is 402 g/mol. The fourth-order valence-corrected chi connectivity index (χ4v) is 4.15. The first-order valence-corrected chi connectivity index (χ1v) is 11.4. The fourth-order valence-electron chi connectivity index (χ4n) is 4.15. The van der Waals surface area contributed by atoms with Crippen molar-refractivity contribution in [3.8, 4) is 17.2 Å². The van der Waals surface area contributed by atoms with Crippen LogP contribution in [0.4, 0.5) is 0 Å². The Balaban J connectivity index is 1.43. The van der Waals surface area contributed by atoms with Gasteiger partial charge in [-0.15, -0.1) is 0 Å². The molecule has 0 N–H and O–H groups in total. The lowest BCUT2D eigenvalue weighted by atomic mass is 10.1. The first-order chi connectivity index (χ1) is 15.7. The van der Waals surface area contributed by atoms with E-state index in [2.05, 4.69) is 22.0 Å². The number of hydrogen-bond donors (Lipinski definition) is 0. The Morgan fingerprint density at radius 3 is 2.59 bits per heavy atom. The van der Waals surface area contributed by atoms with Crippen LogP contribution in [0.1, 0.15) is 30.5 Å². The molecule has 0 aliphatic carbocycles. The molecule has 1 saturated heterocycles. The van der Waals surface area contributed by atoms with E-state index in [0.717, 1.165) is 38.2 Å². The predicted octanol–water partition coefficient (Wildman–Crippen LogP) is 3.89. The van der Waals surface area contributed by atoms with Crippen LogP contribution in [0.25, 0.3) is 5.69 Å². The Bertz CT molecular complexity index is 1060. The van der Waals surface area contributed by atoms with Crippen LogP contribution >= 0.6 is 0 Å². The number of nitrogens with zero attached hydrogens (tertiary/aromatic N) is 3. The standard InChI is InChI=1S/C26H31N3O3/c1-31-25-20-22(12-13-24(25)32-19-18-28-15-5-6-16-28)29-17-14-27-23(26(29)30)11-7-10-21-8-3-2-4-9-21/h2-4,8-9,12-14,17,20H,5-7,10-11,15-16,18-19H2,1H3. The molecule has 1 aliphatic heterocycles. The van der Waals surface area contributed by atoms with E-state index in [0.29, 0.717) is 30.2 Å². The molecule has 6 heteroatoms. The predicted molar refractivity (Wildman–Crippen MR) is 126 cm³/mol. The minimum Gasteiger partial charge on any atom is -0.493 e. The van der Waals surface area contributed by atoms with Gasteiger partial charge in [-0.3, -0.25) is 19.2 Å². The smallest absolute Gasteiger partial charge is 0.276 e. The van der Waals surface area contributed by atoms with E-state index in [1.807, 2.05) is 36.4 Å². The summed E-state index contributed by atoms with van der Waals surface area (Å²) in [6.45, 7) is 3.84. The maximum absolute atomic E-state index is 13.0. The van der Waals surface area contributed by atoms with Crippen molar-refractivity contribution in [1.82, 2.24) is 14.5 Å². The van der Waals surface area contributed by atoms with Crippen LogP contribution in [0.3, 0.4) is 0 Å². The van der Waals surface area contributed by atoms with E-state index in [1.165, 1.54) is 18.4 Å². The lowest BCUT2D eigenvalue weighted by Crippen LogP contribution is -2.25. The molecule has 2 heterocycles. The highest BCUT2D eigenvalue weighted by Crippen LogP contribution is 2.29. The third kappa shape index (κ3) is 5.56. The molecule has 1 aliphatic rings. The number of ether oxygens (including phenoxy) is 2. The largest absolute Gasteiger partial charge is 0.493 e. The molecule has 2 aromatic carbocycles. The lowest BCUT2D eigenvalue weighted by molar-refractivity contribution is 0.230. The van der Waals surface area contributed by atoms with Crippen molar-refractivity contribution in [1.29, 1.82) is 0 Å². The third-order valence-electron chi connectivity index (χ3n) is 5.92. The van der Waals surface area contributed by atoms with Crippen molar-refractivity contribution in [2.24, 2.45) is 0 Å². The Morgan fingerprint density at radius 1 is 1.00 bits per heavy atom. The first kappa shape index (κ1) is 22.1. The summed E-state index contributed by atoms with van der Waals surface area (Å²) in [4.78, 5) is 19.8. The van der Waals surface area contributed by atoms with Crippen molar-refractivity contribution in [2.75, 3.05) is 33.4 Å². The number of hydrogen-bond acceptors (Lipinski definition) is 5. The number of aromatic nitrogens is 2. The highest BCUT2D eigenvalue weighted by Gasteiger charge is 2.13. The number of benzene rings is 2. The van der Waals surface area contributed by atoms with Gasteiger partial charge in [0.1, 0.15) is 12.3 Å². The van der Waals surface area contributed by atoms with Gasteiger partial charge in [0.2, 0.25) is 0 Å². The third-order valence-corrected chi connectivity index (χ3v) is 5.92. The molecule has 1 fully saturated rings. The second kappa shape index (κ2) is 11.0. The van der Waals surface area contributed by atoms with Crippen LogP contribution in [0, 0.1) is 0 Å². The fraction of sp³-hybridized carbons (Fsp3) is 0.385. The molecule has 0 amide bonds. The van der Waals surface area contributed by atoms with Crippen molar-refractivity contribution < 1.29 is 9.47 Å². The Morgan fingerprint density at radius 2 is 1.81 bits per heavy atom. The summed E-state index contributed by atoms with van der Waals surface area (Å²) in [5.41, 5.74) is 2.50. The van der Waals surface area contributed by atoms with Gasteiger partial charge in [0, 0.05) is 25.0 Å². The van der Waals surface area contributed by atoms with Gasteiger partial charge >= 0.3 is 0 Å². The summed E-state index contributed by atoms with van der Waals surface area (Å²) in [6.07, 6.45) is 8.37. The summed E-state index contributed by atoms with van der Waals surface area (Å²) in [5.74, 6) is 1.32. The van der Waals surface area contributed by atoms with E-state index < -0.39 is 0 Å². The van der Waals surface area contributed by atoms with Crippen LogP contribution in [-0.4, -0.2) is 47.8 Å².